The molecule has 78 valence electrons. The predicted molar refractivity (Wildman–Crippen MR) is 57.5 cm³/mol. The van der Waals surface area contributed by atoms with Gasteiger partial charge < -0.3 is 10.1 Å². The van der Waals surface area contributed by atoms with Gasteiger partial charge in [-0.25, -0.2) is 0 Å². The van der Waals surface area contributed by atoms with Crippen LogP contribution in [0.15, 0.2) is 24.5 Å². The molecule has 1 aromatic heterocycles. The first-order chi connectivity index (χ1) is 6.45. The highest BCUT2D eigenvalue weighted by Gasteiger charge is 2.14. The lowest BCUT2D eigenvalue weighted by Gasteiger charge is -2.09. The molecule has 4 heteroatoms. The Labute approximate surface area is 90.3 Å². The Hall–Kier alpha value is -0.640. The summed E-state index contributed by atoms with van der Waals surface area (Å²) in [4.78, 5) is 4.03. The van der Waals surface area contributed by atoms with Gasteiger partial charge in [0.25, 0.3) is 0 Å². The molecule has 1 N–H and O–H groups in total. The molecular weight excluding hydrogens is 200 g/mol. The maximum atomic E-state index is 5.69. The summed E-state index contributed by atoms with van der Waals surface area (Å²) in [5.41, 5.74) is 1.15. The predicted octanol–water partition coefficient (Wildman–Crippen LogP) is 1.38. The van der Waals surface area contributed by atoms with Crippen LogP contribution in [0.2, 0.25) is 0 Å². The summed E-state index contributed by atoms with van der Waals surface area (Å²) in [6.45, 7) is 2.75. The summed E-state index contributed by atoms with van der Waals surface area (Å²) in [6, 6.07) is 3.97. The third kappa shape index (κ3) is 3.25. The first-order valence-electron chi connectivity index (χ1n) is 4.66. The third-order valence-electron chi connectivity index (χ3n) is 2.22. The lowest BCUT2D eigenvalue weighted by atomic mass is 10.3. The van der Waals surface area contributed by atoms with E-state index in [1.807, 2.05) is 18.3 Å². The second-order valence-electron chi connectivity index (χ2n) is 3.29. The number of aromatic nitrogens is 1. The molecule has 3 nitrogen and oxygen atoms in total. The van der Waals surface area contributed by atoms with E-state index in [0.29, 0.717) is 12.7 Å². The first kappa shape index (κ1) is 11.4. The van der Waals surface area contributed by atoms with E-state index in [2.05, 4.69) is 10.3 Å². The van der Waals surface area contributed by atoms with E-state index in [9.17, 15) is 0 Å². The molecule has 0 spiro atoms. The van der Waals surface area contributed by atoms with E-state index in [1.54, 1.807) is 6.20 Å². The average molecular weight is 215 g/mol. The normalized spacial score (nSPS) is 20.4. The van der Waals surface area contributed by atoms with Gasteiger partial charge in [-0.05, 0) is 24.6 Å². The molecule has 0 radical (unpaired) electrons. The van der Waals surface area contributed by atoms with Crippen LogP contribution in [0.5, 0.6) is 0 Å². The van der Waals surface area contributed by atoms with Gasteiger partial charge >= 0.3 is 0 Å². The molecule has 14 heavy (non-hydrogen) atoms. The van der Waals surface area contributed by atoms with Gasteiger partial charge in [0.1, 0.15) is 0 Å². The zero-order valence-corrected chi connectivity index (χ0v) is 8.80. The number of nitrogens with one attached hydrogen (secondary N) is 1. The summed E-state index contributed by atoms with van der Waals surface area (Å²) in [5.74, 6) is 0. The molecule has 2 heterocycles. The second-order valence-corrected chi connectivity index (χ2v) is 3.29. The van der Waals surface area contributed by atoms with E-state index in [1.165, 1.54) is 0 Å². The molecule has 1 saturated heterocycles. The van der Waals surface area contributed by atoms with Gasteiger partial charge in [0, 0.05) is 18.9 Å². The number of rotatable bonds is 3. The van der Waals surface area contributed by atoms with Crippen molar-refractivity contribution < 1.29 is 4.74 Å². The van der Waals surface area contributed by atoms with Crippen molar-refractivity contribution in [2.24, 2.45) is 0 Å². The number of ether oxygens (including phenoxy) is 1. The largest absolute Gasteiger partial charge is 0.372 e. The highest BCUT2D eigenvalue weighted by Crippen LogP contribution is 2.07. The zero-order valence-electron chi connectivity index (χ0n) is 7.98. The zero-order chi connectivity index (χ0) is 8.93. The highest BCUT2D eigenvalue weighted by molar-refractivity contribution is 5.85. The van der Waals surface area contributed by atoms with Crippen molar-refractivity contribution in [1.29, 1.82) is 0 Å². The van der Waals surface area contributed by atoms with Crippen molar-refractivity contribution in [2.45, 2.75) is 19.1 Å². The highest BCUT2D eigenvalue weighted by atomic mass is 35.5. The summed E-state index contributed by atoms with van der Waals surface area (Å²) in [5, 5.41) is 3.27. The molecule has 0 aliphatic carbocycles. The van der Waals surface area contributed by atoms with Crippen molar-refractivity contribution in [2.75, 3.05) is 13.1 Å². The summed E-state index contributed by atoms with van der Waals surface area (Å²) >= 11 is 0. The molecule has 0 saturated carbocycles. The van der Waals surface area contributed by atoms with Gasteiger partial charge in [0.2, 0.25) is 0 Å². The van der Waals surface area contributed by atoms with E-state index in [4.69, 9.17) is 4.74 Å². The van der Waals surface area contributed by atoms with Crippen LogP contribution in [0.4, 0.5) is 0 Å². The molecular formula is C10H15ClN2O. The lowest BCUT2D eigenvalue weighted by molar-refractivity contribution is 0.0541. The van der Waals surface area contributed by atoms with Crippen LogP contribution < -0.4 is 5.32 Å². The Morgan fingerprint density at radius 3 is 3.14 bits per heavy atom. The van der Waals surface area contributed by atoms with Crippen LogP contribution >= 0.6 is 12.4 Å². The number of nitrogens with zero attached hydrogens (tertiary/aromatic N) is 1. The van der Waals surface area contributed by atoms with Crippen molar-refractivity contribution >= 4 is 12.4 Å². The Kier molecular flexibility index (Phi) is 4.87. The van der Waals surface area contributed by atoms with Gasteiger partial charge in [0.05, 0.1) is 12.7 Å². The maximum absolute atomic E-state index is 5.69. The van der Waals surface area contributed by atoms with E-state index in [-0.39, 0.29) is 12.4 Å². The van der Waals surface area contributed by atoms with E-state index >= 15 is 0 Å². The van der Waals surface area contributed by atoms with Crippen molar-refractivity contribution in [3.05, 3.63) is 30.1 Å². The van der Waals surface area contributed by atoms with Crippen LogP contribution in [0.1, 0.15) is 12.0 Å². The molecule has 1 fully saturated rings. The SMILES string of the molecule is Cl.c1cncc(COC2CCNC2)c1. The van der Waals surface area contributed by atoms with E-state index in [0.717, 1.165) is 25.1 Å². The van der Waals surface area contributed by atoms with Gasteiger partial charge in [-0.2, -0.15) is 0 Å². The summed E-state index contributed by atoms with van der Waals surface area (Å²) in [6.07, 6.45) is 5.14. The Morgan fingerprint density at radius 1 is 1.57 bits per heavy atom. The Bertz CT molecular complexity index is 250. The molecule has 2 rings (SSSR count). The fourth-order valence-corrected chi connectivity index (χ4v) is 1.47. The minimum absolute atomic E-state index is 0. The molecule has 1 aliphatic heterocycles. The topological polar surface area (TPSA) is 34.1 Å². The fraction of sp³-hybridized carbons (Fsp3) is 0.500. The maximum Gasteiger partial charge on any atom is 0.0736 e. The number of halogens is 1. The van der Waals surface area contributed by atoms with Crippen molar-refractivity contribution in [1.82, 2.24) is 10.3 Å². The minimum Gasteiger partial charge on any atom is -0.372 e. The molecule has 1 aromatic rings. The molecule has 1 atom stereocenters. The number of hydrogen-bond acceptors (Lipinski definition) is 3. The second kappa shape index (κ2) is 5.96. The minimum atomic E-state index is 0. The Morgan fingerprint density at radius 2 is 2.50 bits per heavy atom. The van der Waals surface area contributed by atoms with Crippen molar-refractivity contribution in [3.63, 3.8) is 0 Å². The van der Waals surface area contributed by atoms with Gasteiger partial charge in [-0.3, -0.25) is 4.98 Å². The van der Waals surface area contributed by atoms with Crippen LogP contribution in [0.25, 0.3) is 0 Å². The van der Waals surface area contributed by atoms with Crippen LogP contribution in [-0.4, -0.2) is 24.2 Å². The molecule has 0 bridgehead atoms. The molecule has 1 unspecified atom stereocenters. The average Bonchev–Trinajstić information content (AvgIpc) is 2.69. The van der Waals surface area contributed by atoms with Gasteiger partial charge in [0.15, 0.2) is 0 Å². The monoisotopic (exact) mass is 214 g/mol. The fourth-order valence-electron chi connectivity index (χ4n) is 1.47. The third-order valence-corrected chi connectivity index (χ3v) is 2.22. The number of hydrogen-bond donors (Lipinski definition) is 1. The van der Waals surface area contributed by atoms with Gasteiger partial charge in [-0.15, -0.1) is 12.4 Å². The number of pyridine rings is 1. The van der Waals surface area contributed by atoms with Gasteiger partial charge in [-0.1, -0.05) is 6.07 Å². The first-order valence-corrected chi connectivity index (χ1v) is 4.66. The van der Waals surface area contributed by atoms with Crippen LogP contribution in [0, 0.1) is 0 Å². The quantitative estimate of drug-likeness (QED) is 0.826. The van der Waals surface area contributed by atoms with E-state index < -0.39 is 0 Å². The molecule has 0 amide bonds. The van der Waals surface area contributed by atoms with Crippen molar-refractivity contribution in [3.8, 4) is 0 Å². The molecule has 1 aliphatic rings. The smallest absolute Gasteiger partial charge is 0.0736 e. The summed E-state index contributed by atoms with van der Waals surface area (Å²) < 4.78 is 5.69. The molecule has 0 aromatic carbocycles. The van der Waals surface area contributed by atoms with Crippen LogP contribution in [0.3, 0.4) is 0 Å². The van der Waals surface area contributed by atoms with Crippen LogP contribution in [-0.2, 0) is 11.3 Å². The summed E-state index contributed by atoms with van der Waals surface area (Å²) in [7, 11) is 0. The lowest BCUT2D eigenvalue weighted by Crippen LogP contribution is -2.16. The Balaban J connectivity index is 0.000000980. The standard InChI is InChI=1S/C10H14N2O.ClH/c1-2-9(6-11-4-1)8-13-10-3-5-12-7-10;/h1-2,4,6,10,12H,3,5,7-8H2;1H.